The molecule has 0 atom stereocenters. The zero-order valence-electron chi connectivity index (χ0n) is 17.2. The Labute approximate surface area is 180 Å². The molecule has 4 rings (SSSR count). The number of nitrogens with zero attached hydrogens (tertiary/aromatic N) is 4. The average Bonchev–Trinajstić information content (AvgIpc) is 2.77. The first-order chi connectivity index (χ1) is 15.1. The molecule has 0 bridgehead atoms. The lowest BCUT2D eigenvalue weighted by Crippen LogP contribution is -2.04. The van der Waals surface area contributed by atoms with Gasteiger partial charge in [-0.25, -0.2) is 0 Å². The lowest BCUT2D eigenvalue weighted by Gasteiger charge is -2.09. The van der Waals surface area contributed by atoms with Gasteiger partial charge in [0, 0.05) is 6.42 Å². The van der Waals surface area contributed by atoms with Gasteiger partial charge in [-0.1, -0.05) is 47.5 Å². The van der Waals surface area contributed by atoms with Gasteiger partial charge in [-0.05, 0) is 55.8 Å². The minimum Gasteiger partial charge on any atom is -0.424 e. The van der Waals surface area contributed by atoms with E-state index in [9.17, 15) is 0 Å². The molecule has 0 aliphatic carbocycles. The van der Waals surface area contributed by atoms with Crippen molar-refractivity contribution in [1.82, 2.24) is 15.0 Å². The zero-order chi connectivity index (χ0) is 21.6. The maximum atomic E-state index is 8.99. The van der Waals surface area contributed by atoms with Crippen molar-refractivity contribution in [2.75, 3.05) is 0 Å². The fraction of sp³-hybridized carbons (Fsp3) is 0.120. The first kappa shape index (κ1) is 20.0. The summed E-state index contributed by atoms with van der Waals surface area (Å²) in [5.41, 5.74) is 3.83. The molecule has 0 spiro atoms. The van der Waals surface area contributed by atoms with Crippen molar-refractivity contribution in [3.63, 3.8) is 0 Å². The van der Waals surface area contributed by atoms with E-state index in [1.807, 2.05) is 74.5 Å². The molecule has 0 amide bonds. The maximum Gasteiger partial charge on any atom is 0.328 e. The van der Waals surface area contributed by atoms with Crippen molar-refractivity contribution in [1.29, 1.82) is 5.26 Å². The third-order valence-electron chi connectivity index (χ3n) is 4.55. The van der Waals surface area contributed by atoms with Crippen molar-refractivity contribution in [3.05, 3.63) is 101 Å². The number of aromatic nitrogens is 3. The fourth-order valence-corrected chi connectivity index (χ4v) is 2.85. The van der Waals surface area contributed by atoms with E-state index in [2.05, 4.69) is 21.0 Å². The molecule has 31 heavy (non-hydrogen) atoms. The Morgan fingerprint density at radius 2 is 1.16 bits per heavy atom. The molecular weight excluding hydrogens is 388 g/mol. The molecule has 152 valence electrons. The van der Waals surface area contributed by atoms with E-state index in [1.165, 1.54) is 0 Å². The summed E-state index contributed by atoms with van der Waals surface area (Å²) in [6.07, 6.45) is 0.447. The zero-order valence-corrected chi connectivity index (χ0v) is 17.2. The number of benzene rings is 3. The van der Waals surface area contributed by atoms with Gasteiger partial charge in [-0.3, -0.25) is 0 Å². The minimum absolute atomic E-state index is 0.157. The molecule has 0 aliphatic heterocycles. The van der Waals surface area contributed by atoms with E-state index < -0.39 is 0 Å². The van der Waals surface area contributed by atoms with Crippen molar-refractivity contribution in [2.45, 2.75) is 20.3 Å². The summed E-state index contributed by atoms with van der Waals surface area (Å²) in [5, 5.41) is 8.99. The molecule has 6 nitrogen and oxygen atoms in total. The normalized spacial score (nSPS) is 10.4. The Morgan fingerprint density at radius 1 is 0.677 bits per heavy atom. The third-order valence-corrected chi connectivity index (χ3v) is 4.55. The smallest absolute Gasteiger partial charge is 0.328 e. The van der Waals surface area contributed by atoms with Crippen molar-refractivity contribution in [2.24, 2.45) is 0 Å². The summed E-state index contributed by atoms with van der Waals surface area (Å²) in [6.45, 7) is 4.02. The van der Waals surface area contributed by atoms with Gasteiger partial charge in [0.05, 0.1) is 11.6 Å². The van der Waals surface area contributed by atoms with Crippen LogP contribution in [0.2, 0.25) is 0 Å². The standard InChI is InChI=1S/C25H20N4O2/c1-17-3-11-21(12-4-17)30-24-27-23(15-19-7-9-20(16-26)10-8-19)28-25(29-24)31-22-13-5-18(2)6-14-22/h3-14H,15H2,1-2H3. The molecule has 6 heteroatoms. The SMILES string of the molecule is Cc1ccc(Oc2nc(Cc3ccc(C#N)cc3)nc(Oc3ccc(C)cc3)n2)cc1. The van der Waals surface area contributed by atoms with Crippen LogP contribution in [0.15, 0.2) is 72.8 Å². The van der Waals surface area contributed by atoms with Crippen LogP contribution in [-0.4, -0.2) is 15.0 Å². The Hall–Kier alpha value is -4.24. The predicted octanol–water partition coefficient (Wildman–Crippen LogP) is 5.54. The van der Waals surface area contributed by atoms with Crippen molar-refractivity contribution >= 4 is 0 Å². The number of hydrogen-bond acceptors (Lipinski definition) is 6. The monoisotopic (exact) mass is 408 g/mol. The van der Waals surface area contributed by atoms with Gasteiger partial charge in [0.25, 0.3) is 0 Å². The Balaban J connectivity index is 1.63. The highest BCUT2D eigenvalue weighted by molar-refractivity contribution is 5.34. The van der Waals surface area contributed by atoms with Crippen LogP contribution in [0.5, 0.6) is 23.5 Å². The van der Waals surface area contributed by atoms with Crippen LogP contribution in [0.25, 0.3) is 0 Å². The van der Waals surface area contributed by atoms with Crippen molar-refractivity contribution in [3.8, 4) is 29.6 Å². The Kier molecular flexibility index (Phi) is 5.86. The Bertz CT molecular complexity index is 1150. The van der Waals surface area contributed by atoms with Crippen LogP contribution in [0.1, 0.15) is 28.1 Å². The second-order valence-electron chi connectivity index (χ2n) is 7.13. The summed E-state index contributed by atoms with van der Waals surface area (Å²) >= 11 is 0. The molecule has 0 fully saturated rings. The van der Waals surface area contributed by atoms with Crippen LogP contribution in [0.4, 0.5) is 0 Å². The van der Waals surface area contributed by atoms with Gasteiger partial charge in [0.15, 0.2) is 0 Å². The Morgan fingerprint density at radius 3 is 1.61 bits per heavy atom. The number of ether oxygens (including phenoxy) is 2. The first-order valence-corrected chi connectivity index (χ1v) is 9.80. The van der Waals surface area contributed by atoms with Gasteiger partial charge >= 0.3 is 12.0 Å². The van der Waals surface area contributed by atoms with Crippen LogP contribution in [0.3, 0.4) is 0 Å². The van der Waals surface area contributed by atoms with Gasteiger partial charge in [0.1, 0.15) is 17.3 Å². The van der Waals surface area contributed by atoms with E-state index in [0.29, 0.717) is 29.3 Å². The highest BCUT2D eigenvalue weighted by atomic mass is 16.5. The summed E-state index contributed by atoms with van der Waals surface area (Å²) in [5.74, 6) is 1.76. The van der Waals surface area contributed by atoms with Crippen LogP contribution < -0.4 is 9.47 Å². The molecule has 0 saturated carbocycles. The maximum absolute atomic E-state index is 8.99. The number of aryl methyl sites for hydroxylation is 2. The molecule has 0 aliphatic rings. The lowest BCUT2D eigenvalue weighted by atomic mass is 10.1. The highest BCUT2D eigenvalue weighted by Crippen LogP contribution is 2.24. The van der Waals surface area contributed by atoms with Crippen LogP contribution in [-0.2, 0) is 6.42 Å². The minimum atomic E-state index is 0.157. The second-order valence-corrected chi connectivity index (χ2v) is 7.13. The lowest BCUT2D eigenvalue weighted by molar-refractivity contribution is 0.393. The van der Waals surface area contributed by atoms with Crippen molar-refractivity contribution < 1.29 is 9.47 Å². The van der Waals surface area contributed by atoms with E-state index in [0.717, 1.165) is 16.7 Å². The van der Waals surface area contributed by atoms with Crippen LogP contribution >= 0.6 is 0 Å². The first-order valence-electron chi connectivity index (χ1n) is 9.80. The van der Waals surface area contributed by atoms with E-state index in [4.69, 9.17) is 14.7 Å². The van der Waals surface area contributed by atoms with Gasteiger partial charge < -0.3 is 9.47 Å². The largest absolute Gasteiger partial charge is 0.424 e. The summed E-state index contributed by atoms with van der Waals surface area (Å²) in [4.78, 5) is 13.2. The molecular formula is C25H20N4O2. The summed E-state index contributed by atoms with van der Waals surface area (Å²) in [7, 11) is 0. The quantitative estimate of drug-likeness (QED) is 0.417. The van der Waals surface area contributed by atoms with Gasteiger partial charge in [-0.2, -0.15) is 15.2 Å². The van der Waals surface area contributed by atoms with Gasteiger partial charge in [-0.15, -0.1) is 4.98 Å². The average molecular weight is 408 g/mol. The van der Waals surface area contributed by atoms with E-state index in [-0.39, 0.29) is 12.0 Å². The molecule has 3 aromatic carbocycles. The summed E-state index contributed by atoms with van der Waals surface area (Å²) in [6, 6.07) is 25.0. The number of hydrogen-bond donors (Lipinski definition) is 0. The fourth-order valence-electron chi connectivity index (χ4n) is 2.85. The molecule has 0 unspecified atom stereocenters. The van der Waals surface area contributed by atoms with Gasteiger partial charge in [0.2, 0.25) is 0 Å². The summed E-state index contributed by atoms with van der Waals surface area (Å²) < 4.78 is 11.7. The van der Waals surface area contributed by atoms with E-state index in [1.54, 1.807) is 12.1 Å². The van der Waals surface area contributed by atoms with Crippen LogP contribution in [0, 0.1) is 25.2 Å². The number of nitriles is 1. The molecule has 0 saturated heterocycles. The second kappa shape index (κ2) is 9.06. The molecule has 4 aromatic rings. The predicted molar refractivity (Wildman–Crippen MR) is 116 cm³/mol. The number of rotatable bonds is 6. The molecule has 0 N–H and O–H groups in total. The topological polar surface area (TPSA) is 80.9 Å². The highest BCUT2D eigenvalue weighted by Gasteiger charge is 2.12. The molecule has 0 radical (unpaired) electrons. The third kappa shape index (κ3) is 5.43. The molecule has 1 aromatic heterocycles. The van der Waals surface area contributed by atoms with E-state index >= 15 is 0 Å². The molecule has 1 heterocycles.